The zero-order valence-electron chi connectivity index (χ0n) is 22.1. The van der Waals surface area contributed by atoms with Crippen LogP contribution in [-0.2, 0) is 38.5 Å². The second kappa shape index (κ2) is 12.7. The van der Waals surface area contributed by atoms with Gasteiger partial charge >= 0.3 is 0 Å². The zero-order chi connectivity index (χ0) is 28.0. The Labute approximate surface area is 227 Å². The van der Waals surface area contributed by atoms with Crippen LogP contribution in [0, 0.1) is 0 Å². The van der Waals surface area contributed by atoms with Gasteiger partial charge in [0.05, 0.1) is 69.2 Å². The highest BCUT2D eigenvalue weighted by Crippen LogP contribution is 2.34. The van der Waals surface area contributed by atoms with Crippen molar-refractivity contribution < 1.29 is 40.0 Å². The second-order valence-corrected chi connectivity index (χ2v) is 12.6. The van der Waals surface area contributed by atoms with Gasteiger partial charge in [0, 0.05) is 23.6 Å². The van der Waals surface area contributed by atoms with Crippen molar-refractivity contribution in [2.75, 3.05) is 52.2 Å². The molecule has 14 nitrogen and oxygen atoms in total. The van der Waals surface area contributed by atoms with Crippen LogP contribution >= 0.6 is 0 Å². The molecule has 0 radical (unpaired) electrons. The lowest BCUT2D eigenvalue weighted by Gasteiger charge is -2.23. The number of hydrogen-bond acceptors (Lipinski definition) is 12. The molecule has 0 aliphatic carbocycles. The Hall–Kier alpha value is -2.63. The van der Waals surface area contributed by atoms with Crippen LogP contribution in [0.25, 0.3) is 22.2 Å². The van der Waals surface area contributed by atoms with Gasteiger partial charge in [-0.25, -0.2) is 18.1 Å². The lowest BCUT2D eigenvalue weighted by molar-refractivity contribution is -0.0365. The van der Waals surface area contributed by atoms with Crippen LogP contribution in [0.2, 0.25) is 0 Å². The van der Waals surface area contributed by atoms with E-state index < -0.39 is 20.1 Å². The Bertz CT molecular complexity index is 1460. The topological polar surface area (TPSA) is 163 Å². The smallest absolute Gasteiger partial charge is 0.264 e. The average molecular weight is 588 g/mol. The molecule has 3 aromatic heterocycles. The summed E-state index contributed by atoms with van der Waals surface area (Å²) in [5.74, 6) is 0.355. The van der Waals surface area contributed by atoms with E-state index >= 15 is 0 Å². The van der Waals surface area contributed by atoms with Crippen LogP contribution in [0.1, 0.15) is 32.4 Å². The quantitative estimate of drug-likeness (QED) is 0.198. The van der Waals surface area contributed by atoms with Gasteiger partial charge in [-0.2, -0.15) is 22.7 Å². The summed E-state index contributed by atoms with van der Waals surface area (Å²) in [7, 11) is -7.03. The molecule has 16 heteroatoms. The molecule has 0 spiro atoms. The van der Waals surface area contributed by atoms with Crippen molar-refractivity contribution in [3.8, 4) is 17.1 Å². The number of aromatic nitrogens is 5. The summed E-state index contributed by atoms with van der Waals surface area (Å²) in [5.41, 5.74) is 1.82. The fourth-order valence-electron chi connectivity index (χ4n) is 3.96. The van der Waals surface area contributed by atoms with Crippen molar-refractivity contribution in [2.24, 2.45) is 0 Å². The van der Waals surface area contributed by atoms with Crippen LogP contribution in [-0.4, -0.2) is 99.0 Å². The number of nitrogens with zero attached hydrogens (tertiary/aromatic N) is 5. The largest absolute Gasteiger partial charge is 0.475 e. The van der Waals surface area contributed by atoms with Crippen molar-refractivity contribution in [3.63, 3.8) is 0 Å². The van der Waals surface area contributed by atoms with E-state index in [1.165, 1.54) is 12.4 Å². The predicted molar refractivity (Wildman–Crippen MR) is 140 cm³/mol. The molecule has 1 aliphatic heterocycles. The molecule has 216 valence electrons. The molecule has 0 aromatic carbocycles. The van der Waals surface area contributed by atoms with Crippen molar-refractivity contribution in [1.29, 1.82) is 0 Å². The van der Waals surface area contributed by atoms with Gasteiger partial charge in [-0.1, -0.05) is 0 Å². The fraction of sp³-hybridized carbons (Fsp3) is 0.609. The first-order valence-electron chi connectivity index (χ1n) is 12.4. The van der Waals surface area contributed by atoms with Gasteiger partial charge < -0.3 is 18.9 Å². The van der Waals surface area contributed by atoms with Gasteiger partial charge in [0.1, 0.15) is 12.3 Å². The third-order valence-corrected chi connectivity index (χ3v) is 7.26. The van der Waals surface area contributed by atoms with E-state index in [-0.39, 0.29) is 38.8 Å². The standard InChI is InChI=1S/C23H33N5O9S2/c1-17(34-10-8-33-9-11-37-39(3,31)32)16-36-21-12-19-20(14-24-21)28(22-6-4-5-7-35-22)26-23(19)18-13-25-27(15-18)38(2,29)30/h12-15,17,22H,4-11,16H2,1-3H3/t17-,22?/m0/s1. The minimum absolute atomic E-state index is 0.0495. The normalized spacial score (nSPS) is 17.5. The molecule has 1 saturated heterocycles. The lowest BCUT2D eigenvalue weighted by Crippen LogP contribution is -2.21. The molecule has 1 fully saturated rings. The van der Waals surface area contributed by atoms with Crippen LogP contribution in [0.3, 0.4) is 0 Å². The number of fused-ring (bicyclic) bond motifs is 1. The van der Waals surface area contributed by atoms with E-state index in [2.05, 4.69) is 14.3 Å². The first kappa shape index (κ1) is 29.4. The molecule has 0 amide bonds. The molecule has 2 atom stereocenters. The minimum atomic E-state index is -3.55. The van der Waals surface area contributed by atoms with Gasteiger partial charge in [-0.15, -0.1) is 0 Å². The SMILES string of the molecule is C[C@@H](COc1cc2c(-c3cnn(S(C)(=O)=O)c3)nn(C3CCCCO3)c2cn1)OCCOCCOS(C)(=O)=O. The van der Waals surface area contributed by atoms with Crippen molar-refractivity contribution in [2.45, 2.75) is 38.5 Å². The van der Waals surface area contributed by atoms with E-state index in [1.807, 2.05) is 6.92 Å². The first-order chi connectivity index (χ1) is 18.5. The van der Waals surface area contributed by atoms with Crippen LogP contribution in [0.5, 0.6) is 5.88 Å². The van der Waals surface area contributed by atoms with Gasteiger partial charge in [-0.05, 0) is 26.2 Å². The molecule has 39 heavy (non-hydrogen) atoms. The summed E-state index contributed by atoms with van der Waals surface area (Å²) < 4.78 is 75.8. The molecule has 0 bridgehead atoms. The number of pyridine rings is 1. The fourth-order valence-corrected chi connectivity index (χ4v) is 4.85. The highest BCUT2D eigenvalue weighted by Gasteiger charge is 2.24. The molecule has 0 N–H and O–H groups in total. The van der Waals surface area contributed by atoms with Crippen LogP contribution in [0.4, 0.5) is 0 Å². The van der Waals surface area contributed by atoms with Crippen molar-refractivity contribution in [1.82, 2.24) is 24.0 Å². The first-order valence-corrected chi connectivity index (χ1v) is 16.1. The Morgan fingerprint density at radius 3 is 2.59 bits per heavy atom. The minimum Gasteiger partial charge on any atom is -0.475 e. The van der Waals surface area contributed by atoms with Crippen LogP contribution in [0.15, 0.2) is 24.7 Å². The average Bonchev–Trinajstić information content (AvgIpc) is 3.52. The maximum absolute atomic E-state index is 12.0. The van der Waals surface area contributed by atoms with Gasteiger partial charge in [0.2, 0.25) is 5.88 Å². The molecule has 1 unspecified atom stereocenters. The number of rotatable bonds is 14. The summed E-state index contributed by atoms with van der Waals surface area (Å²) in [6, 6.07) is 1.76. The van der Waals surface area contributed by atoms with E-state index in [1.54, 1.807) is 16.9 Å². The monoisotopic (exact) mass is 587 g/mol. The summed E-state index contributed by atoms with van der Waals surface area (Å²) in [5, 5.41) is 9.47. The highest BCUT2D eigenvalue weighted by atomic mass is 32.2. The summed E-state index contributed by atoms with van der Waals surface area (Å²) in [6.07, 6.45) is 8.90. The lowest BCUT2D eigenvalue weighted by atomic mass is 10.1. The molecule has 3 aromatic rings. The summed E-state index contributed by atoms with van der Waals surface area (Å²) in [6.45, 7) is 3.35. The van der Waals surface area contributed by atoms with Gasteiger partial charge in [0.25, 0.3) is 20.1 Å². The van der Waals surface area contributed by atoms with E-state index in [0.29, 0.717) is 30.4 Å². The molecule has 0 saturated carbocycles. The highest BCUT2D eigenvalue weighted by molar-refractivity contribution is 7.89. The molecular formula is C23H33N5O9S2. The zero-order valence-corrected chi connectivity index (χ0v) is 23.7. The predicted octanol–water partition coefficient (Wildman–Crippen LogP) is 1.58. The maximum Gasteiger partial charge on any atom is 0.264 e. The molecule has 4 heterocycles. The van der Waals surface area contributed by atoms with Gasteiger partial charge in [0.15, 0.2) is 6.23 Å². The Kier molecular flexibility index (Phi) is 9.56. The maximum atomic E-state index is 12.0. The van der Waals surface area contributed by atoms with Gasteiger partial charge in [-0.3, -0.25) is 4.18 Å². The Morgan fingerprint density at radius 1 is 1.10 bits per heavy atom. The molecule has 4 rings (SSSR count). The van der Waals surface area contributed by atoms with Crippen LogP contribution < -0.4 is 4.74 Å². The van der Waals surface area contributed by atoms with E-state index in [4.69, 9.17) is 24.0 Å². The van der Waals surface area contributed by atoms with E-state index in [0.717, 1.165) is 46.8 Å². The number of ether oxygens (including phenoxy) is 4. The number of hydrogen-bond donors (Lipinski definition) is 0. The van der Waals surface area contributed by atoms with E-state index in [9.17, 15) is 16.8 Å². The van der Waals surface area contributed by atoms with Crippen molar-refractivity contribution >= 4 is 31.0 Å². The summed E-state index contributed by atoms with van der Waals surface area (Å²) in [4.78, 5) is 4.44. The summed E-state index contributed by atoms with van der Waals surface area (Å²) >= 11 is 0. The Morgan fingerprint density at radius 2 is 1.90 bits per heavy atom. The second-order valence-electron chi connectivity index (χ2n) is 9.15. The molecular weight excluding hydrogens is 554 g/mol. The Balaban J connectivity index is 1.42. The third kappa shape index (κ3) is 8.18. The molecule has 1 aliphatic rings. The van der Waals surface area contributed by atoms with Crippen molar-refractivity contribution in [3.05, 3.63) is 24.7 Å². The third-order valence-electron chi connectivity index (χ3n) is 5.79.